The van der Waals surface area contributed by atoms with Gasteiger partial charge in [-0.1, -0.05) is 0 Å². The van der Waals surface area contributed by atoms with Crippen molar-refractivity contribution < 1.29 is 9.53 Å². The van der Waals surface area contributed by atoms with E-state index in [0.717, 1.165) is 11.4 Å². The lowest BCUT2D eigenvalue weighted by atomic mass is 10.3. The summed E-state index contributed by atoms with van der Waals surface area (Å²) in [7, 11) is 1.78. The van der Waals surface area contributed by atoms with Gasteiger partial charge >= 0.3 is 5.97 Å². The Hall–Kier alpha value is -1.91. The van der Waals surface area contributed by atoms with Crippen LogP contribution in [0.3, 0.4) is 0 Å². The third-order valence-electron chi connectivity index (χ3n) is 1.83. The number of ether oxygens (including phenoxy) is 1. The second-order valence-electron chi connectivity index (χ2n) is 2.97. The molecule has 0 atom stereocenters. The second kappa shape index (κ2) is 6.55. The number of aliphatic imine (C=N–C) groups is 1. The third-order valence-corrected chi connectivity index (χ3v) is 1.83. The molecule has 86 valence electrons. The number of aromatic nitrogens is 1. The van der Waals surface area contributed by atoms with Gasteiger partial charge in [-0.05, 0) is 19.1 Å². The molecule has 0 fully saturated rings. The molecule has 0 bridgehead atoms. The van der Waals surface area contributed by atoms with Crippen LogP contribution in [0.2, 0.25) is 0 Å². The summed E-state index contributed by atoms with van der Waals surface area (Å²) in [5, 5.41) is 2.94. The maximum atomic E-state index is 11.0. The van der Waals surface area contributed by atoms with Gasteiger partial charge < -0.3 is 10.1 Å². The Labute approximate surface area is 94.6 Å². The molecule has 1 rings (SSSR count). The van der Waals surface area contributed by atoms with Crippen molar-refractivity contribution >= 4 is 18.0 Å². The molecule has 1 heterocycles. The molecule has 5 heteroatoms. The first-order chi connectivity index (χ1) is 7.77. The number of esters is 1. The van der Waals surface area contributed by atoms with Gasteiger partial charge in [0, 0.05) is 25.0 Å². The van der Waals surface area contributed by atoms with Gasteiger partial charge in [-0.15, -0.1) is 0 Å². The van der Waals surface area contributed by atoms with Crippen LogP contribution in [0.25, 0.3) is 0 Å². The van der Waals surface area contributed by atoms with Gasteiger partial charge in [0.05, 0.1) is 6.61 Å². The van der Waals surface area contributed by atoms with Crippen molar-refractivity contribution in [3.63, 3.8) is 0 Å². The molecule has 0 aromatic carbocycles. The lowest BCUT2D eigenvalue weighted by Crippen LogP contribution is -2.07. The summed E-state index contributed by atoms with van der Waals surface area (Å²) in [5.74, 6) is 0.406. The average molecular weight is 221 g/mol. The number of nitrogens with one attached hydrogen (secondary N) is 1. The average Bonchev–Trinajstić information content (AvgIpc) is 2.30. The Kier molecular flexibility index (Phi) is 4.98. The zero-order valence-corrected chi connectivity index (χ0v) is 9.43. The first kappa shape index (κ1) is 12.2. The highest BCUT2D eigenvalue weighted by atomic mass is 16.5. The van der Waals surface area contributed by atoms with Crippen molar-refractivity contribution in [2.75, 3.05) is 25.5 Å². The molecule has 16 heavy (non-hydrogen) atoms. The van der Waals surface area contributed by atoms with E-state index >= 15 is 0 Å². The van der Waals surface area contributed by atoms with Crippen molar-refractivity contribution in [1.82, 2.24) is 4.98 Å². The molecule has 0 radical (unpaired) electrons. The van der Waals surface area contributed by atoms with Crippen LogP contribution in [0, 0.1) is 0 Å². The maximum absolute atomic E-state index is 11.0. The molecule has 5 nitrogen and oxygen atoms in total. The van der Waals surface area contributed by atoms with Crippen molar-refractivity contribution in [3.05, 3.63) is 23.9 Å². The monoisotopic (exact) mass is 221 g/mol. The molecule has 1 aromatic heterocycles. The zero-order chi connectivity index (χ0) is 11.8. The second-order valence-corrected chi connectivity index (χ2v) is 2.97. The van der Waals surface area contributed by atoms with Crippen LogP contribution in [-0.2, 0) is 9.53 Å². The summed E-state index contributed by atoms with van der Waals surface area (Å²) in [6.07, 6.45) is 3.30. The molecular weight excluding hydrogens is 206 g/mol. The first-order valence-electron chi connectivity index (χ1n) is 5.06. The quantitative estimate of drug-likeness (QED) is 0.597. The Bertz CT molecular complexity index is 377. The van der Waals surface area contributed by atoms with Crippen LogP contribution in [-0.4, -0.2) is 37.4 Å². The highest BCUT2D eigenvalue weighted by Gasteiger charge is 1.99. The van der Waals surface area contributed by atoms with Crippen molar-refractivity contribution in [2.45, 2.75) is 6.92 Å². The van der Waals surface area contributed by atoms with Gasteiger partial charge in [-0.25, -0.2) is 4.98 Å². The molecule has 0 saturated carbocycles. The SMILES string of the molecule is CCOC(=O)CN=Cc1cccnc1NC. The van der Waals surface area contributed by atoms with Gasteiger partial charge in [0.1, 0.15) is 12.4 Å². The van der Waals surface area contributed by atoms with E-state index in [1.807, 2.05) is 12.1 Å². The summed E-state index contributed by atoms with van der Waals surface area (Å²) in [4.78, 5) is 19.1. The van der Waals surface area contributed by atoms with E-state index in [1.54, 1.807) is 26.4 Å². The van der Waals surface area contributed by atoms with E-state index in [-0.39, 0.29) is 12.5 Å². The topological polar surface area (TPSA) is 63.6 Å². The summed E-state index contributed by atoms with van der Waals surface area (Å²) in [6.45, 7) is 2.18. The lowest BCUT2D eigenvalue weighted by molar-refractivity contribution is -0.141. The first-order valence-corrected chi connectivity index (χ1v) is 5.06. The molecule has 0 saturated heterocycles. The number of rotatable bonds is 5. The number of carbonyl (C=O) groups is 1. The van der Waals surface area contributed by atoms with E-state index in [9.17, 15) is 4.79 Å². The van der Waals surface area contributed by atoms with Gasteiger partial charge in [0.15, 0.2) is 0 Å². The number of pyridine rings is 1. The molecule has 1 aromatic rings. The Morgan fingerprint density at radius 3 is 3.19 bits per heavy atom. The smallest absolute Gasteiger partial charge is 0.327 e. The van der Waals surface area contributed by atoms with Crippen LogP contribution < -0.4 is 5.32 Å². The number of nitrogens with zero attached hydrogens (tertiary/aromatic N) is 2. The molecule has 0 unspecified atom stereocenters. The van der Waals surface area contributed by atoms with Crippen LogP contribution in [0.1, 0.15) is 12.5 Å². The largest absolute Gasteiger partial charge is 0.465 e. The van der Waals surface area contributed by atoms with Crippen molar-refractivity contribution in [2.24, 2.45) is 4.99 Å². The standard InChI is InChI=1S/C11H15N3O2/c1-3-16-10(15)8-13-7-9-5-4-6-14-11(9)12-2/h4-7H,3,8H2,1-2H3,(H,12,14). The molecule has 0 spiro atoms. The van der Waals surface area contributed by atoms with Gasteiger partial charge in [0.2, 0.25) is 0 Å². The maximum Gasteiger partial charge on any atom is 0.327 e. The van der Waals surface area contributed by atoms with E-state index in [4.69, 9.17) is 4.74 Å². The number of hydrogen-bond acceptors (Lipinski definition) is 5. The Morgan fingerprint density at radius 2 is 2.50 bits per heavy atom. The van der Waals surface area contributed by atoms with Gasteiger partial charge in [-0.2, -0.15) is 0 Å². The van der Waals surface area contributed by atoms with E-state index in [1.165, 1.54) is 0 Å². The Balaban J connectivity index is 2.58. The third kappa shape index (κ3) is 3.68. The van der Waals surface area contributed by atoms with Crippen molar-refractivity contribution in [3.8, 4) is 0 Å². The summed E-state index contributed by atoms with van der Waals surface area (Å²) >= 11 is 0. The van der Waals surface area contributed by atoms with Gasteiger partial charge in [0.25, 0.3) is 0 Å². The molecule has 0 aliphatic rings. The minimum Gasteiger partial charge on any atom is -0.465 e. The number of carbonyl (C=O) groups excluding carboxylic acids is 1. The molecule has 0 amide bonds. The minimum absolute atomic E-state index is 0.0336. The van der Waals surface area contributed by atoms with Crippen LogP contribution in [0.15, 0.2) is 23.3 Å². The zero-order valence-electron chi connectivity index (χ0n) is 9.43. The molecular formula is C11H15N3O2. The minimum atomic E-state index is -0.325. The van der Waals surface area contributed by atoms with Crippen LogP contribution in [0.4, 0.5) is 5.82 Å². The summed E-state index contributed by atoms with van der Waals surface area (Å²) in [6, 6.07) is 3.68. The van der Waals surface area contributed by atoms with E-state index in [2.05, 4.69) is 15.3 Å². The predicted octanol–water partition coefficient (Wildman–Crippen LogP) is 1.11. The molecule has 0 aliphatic heterocycles. The van der Waals surface area contributed by atoms with Crippen molar-refractivity contribution in [1.29, 1.82) is 0 Å². The van der Waals surface area contributed by atoms with E-state index in [0.29, 0.717) is 6.61 Å². The molecule has 1 N–H and O–H groups in total. The highest BCUT2D eigenvalue weighted by Crippen LogP contribution is 2.06. The highest BCUT2D eigenvalue weighted by molar-refractivity contribution is 5.87. The summed E-state index contributed by atoms with van der Waals surface area (Å²) < 4.78 is 4.75. The van der Waals surface area contributed by atoms with Gasteiger partial charge in [-0.3, -0.25) is 9.79 Å². The predicted molar refractivity (Wildman–Crippen MR) is 62.9 cm³/mol. The summed E-state index contributed by atoms with van der Waals surface area (Å²) in [5.41, 5.74) is 0.842. The lowest BCUT2D eigenvalue weighted by Gasteiger charge is -2.02. The molecule has 0 aliphatic carbocycles. The Morgan fingerprint density at radius 1 is 1.69 bits per heavy atom. The fraction of sp³-hybridized carbons (Fsp3) is 0.364. The number of anilines is 1. The fourth-order valence-electron chi connectivity index (χ4n) is 1.16. The van der Waals surface area contributed by atoms with E-state index < -0.39 is 0 Å². The van der Waals surface area contributed by atoms with Crippen LogP contribution in [0.5, 0.6) is 0 Å². The fourth-order valence-corrected chi connectivity index (χ4v) is 1.16. The normalized spacial score (nSPS) is 10.4. The number of hydrogen-bond donors (Lipinski definition) is 1. The van der Waals surface area contributed by atoms with Crippen LogP contribution >= 0.6 is 0 Å².